The zero-order valence-corrected chi connectivity index (χ0v) is 17.3. The number of hydrogen-bond donors (Lipinski definition) is 1. The monoisotopic (exact) mass is 416 g/mol. The van der Waals surface area contributed by atoms with Gasteiger partial charge < -0.3 is 9.84 Å². The maximum absolute atomic E-state index is 12.7. The van der Waals surface area contributed by atoms with Crippen molar-refractivity contribution in [2.24, 2.45) is 0 Å². The number of aromatic nitrogens is 1. The van der Waals surface area contributed by atoms with E-state index in [9.17, 15) is 14.7 Å². The predicted molar refractivity (Wildman–Crippen MR) is 117 cm³/mol. The highest BCUT2D eigenvalue weighted by Crippen LogP contribution is 2.44. The average molecular weight is 416 g/mol. The van der Waals surface area contributed by atoms with E-state index in [4.69, 9.17) is 4.74 Å². The molecule has 1 amide bonds. The van der Waals surface area contributed by atoms with Gasteiger partial charge in [0.2, 0.25) is 0 Å². The molecule has 158 valence electrons. The number of fused-ring (bicyclic) bond motifs is 3. The summed E-state index contributed by atoms with van der Waals surface area (Å²) in [4.78, 5) is 29.9. The van der Waals surface area contributed by atoms with Crippen LogP contribution in [0.4, 0.5) is 4.79 Å². The van der Waals surface area contributed by atoms with Crippen molar-refractivity contribution in [2.45, 2.75) is 24.8 Å². The third kappa shape index (κ3) is 4.28. The third-order valence-corrected chi connectivity index (χ3v) is 5.78. The number of likely N-dealkylation sites (N-methyl/N-ethyl adjacent to an activating group) is 1. The van der Waals surface area contributed by atoms with E-state index in [0.29, 0.717) is 6.42 Å². The maximum Gasteiger partial charge on any atom is 0.410 e. The number of pyridine rings is 1. The highest BCUT2D eigenvalue weighted by atomic mass is 16.6. The van der Waals surface area contributed by atoms with Crippen molar-refractivity contribution < 1.29 is 19.4 Å². The zero-order chi connectivity index (χ0) is 21.8. The van der Waals surface area contributed by atoms with Crippen LogP contribution in [0.1, 0.15) is 29.2 Å². The normalized spacial score (nSPS) is 13.2. The van der Waals surface area contributed by atoms with E-state index in [1.807, 2.05) is 48.5 Å². The summed E-state index contributed by atoms with van der Waals surface area (Å²) >= 11 is 0. The lowest BCUT2D eigenvalue weighted by Gasteiger charge is -2.25. The molecule has 0 saturated heterocycles. The second kappa shape index (κ2) is 9.00. The number of nitrogens with zero attached hydrogens (tertiary/aromatic N) is 2. The lowest BCUT2D eigenvalue weighted by molar-refractivity contribution is -0.142. The number of carboxylic acid groups (broad SMARTS) is 1. The van der Waals surface area contributed by atoms with E-state index in [2.05, 4.69) is 17.1 Å². The number of carbonyl (C=O) groups excluding carboxylic acids is 1. The van der Waals surface area contributed by atoms with Crippen LogP contribution in [0.15, 0.2) is 72.9 Å². The fourth-order valence-electron chi connectivity index (χ4n) is 4.14. The van der Waals surface area contributed by atoms with Crippen molar-refractivity contribution in [1.29, 1.82) is 0 Å². The summed E-state index contributed by atoms with van der Waals surface area (Å²) in [6.45, 7) is 0.157. The average Bonchev–Trinajstić information content (AvgIpc) is 3.11. The second-order valence-electron chi connectivity index (χ2n) is 7.63. The Bertz CT molecular complexity index is 1040. The van der Waals surface area contributed by atoms with Crippen LogP contribution in [0.5, 0.6) is 0 Å². The van der Waals surface area contributed by atoms with Crippen LogP contribution in [0, 0.1) is 0 Å². The number of ether oxygens (including phenoxy) is 1. The molecule has 6 nitrogen and oxygen atoms in total. The van der Waals surface area contributed by atoms with Gasteiger partial charge in [0.25, 0.3) is 0 Å². The number of amides is 1. The summed E-state index contributed by atoms with van der Waals surface area (Å²) in [5.74, 6) is -1.13. The molecule has 0 aliphatic heterocycles. The molecule has 1 heterocycles. The predicted octanol–water partition coefficient (Wildman–Crippen LogP) is 4.35. The first-order chi connectivity index (χ1) is 15.1. The van der Waals surface area contributed by atoms with E-state index in [-0.39, 0.29) is 18.9 Å². The number of carbonyl (C=O) groups is 2. The minimum absolute atomic E-state index is 0.0680. The molecule has 1 aliphatic carbocycles. The molecular formula is C25H24N2O4. The molecule has 3 aromatic rings. The Kier molecular flexibility index (Phi) is 5.98. The van der Waals surface area contributed by atoms with Crippen molar-refractivity contribution in [3.05, 3.63) is 89.7 Å². The molecule has 1 unspecified atom stereocenters. The number of benzene rings is 2. The number of hydrogen-bond acceptors (Lipinski definition) is 4. The lowest BCUT2D eigenvalue weighted by Crippen LogP contribution is -2.43. The van der Waals surface area contributed by atoms with Gasteiger partial charge >= 0.3 is 12.1 Å². The molecular weight excluding hydrogens is 392 g/mol. The first-order valence-electron chi connectivity index (χ1n) is 10.3. The molecule has 0 radical (unpaired) electrons. The highest BCUT2D eigenvalue weighted by molar-refractivity contribution is 5.81. The van der Waals surface area contributed by atoms with Crippen molar-refractivity contribution in [3.8, 4) is 11.1 Å². The Morgan fingerprint density at radius 3 is 2.19 bits per heavy atom. The molecule has 1 aliphatic rings. The summed E-state index contributed by atoms with van der Waals surface area (Å²) < 4.78 is 5.59. The van der Waals surface area contributed by atoms with Crippen LogP contribution in [0.25, 0.3) is 11.1 Å². The van der Waals surface area contributed by atoms with Gasteiger partial charge in [-0.25, -0.2) is 9.59 Å². The van der Waals surface area contributed by atoms with Crippen LogP contribution in [-0.4, -0.2) is 46.7 Å². The fourth-order valence-corrected chi connectivity index (χ4v) is 4.14. The standard InChI is InChI=1S/C25H24N2O4/c1-27(23(24(28)29)14-13-17-8-6-7-15-26-17)25(30)31-16-22-20-11-4-2-9-18(20)19-10-3-5-12-21(19)22/h2-12,15,22-23H,13-14,16H2,1H3,(H,28,29). The minimum Gasteiger partial charge on any atom is -0.480 e. The number of carboxylic acids is 1. The van der Waals surface area contributed by atoms with Gasteiger partial charge in [0.1, 0.15) is 12.6 Å². The summed E-state index contributed by atoms with van der Waals surface area (Å²) in [5, 5.41) is 9.64. The first-order valence-corrected chi connectivity index (χ1v) is 10.3. The van der Waals surface area contributed by atoms with Crippen molar-refractivity contribution in [2.75, 3.05) is 13.7 Å². The SMILES string of the molecule is CN(C(=O)OCC1c2ccccc2-c2ccccc21)C(CCc1ccccn1)C(=O)O. The first kappa shape index (κ1) is 20.6. The van der Waals surface area contributed by atoms with Crippen LogP contribution < -0.4 is 0 Å². The molecule has 1 aromatic heterocycles. The molecule has 31 heavy (non-hydrogen) atoms. The Balaban J connectivity index is 1.43. The van der Waals surface area contributed by atoms with E-state index < -0.39 is 18.1 Å². The van der Waals surface area contributed by atoms with Gasteiger partial charge in [-0.15, -0.1) is 0 Å². The van der Waals surface area contributed by atoms with Crippen molar-refractivity contribution >= 4 is 12.1 Å². The maximum atomic E-state index is 12.7. The minimum atomic E-state index is -1.06. The highest BCUT2D eigenvalue weighted by Gasteiger charge is 2.31. The Morgan fingerprint density at radius 2 is 1.61 bits per heavy atom. The van der Waals surface area contributed by atoms with E-state index >= 15 is 0 Å². The molecule has 0 saturated carbocycles. The lowest BCUT2D eigenvalue weighted by atomic mass is 9.98. The van der Waals surface area contributed by atoms with Gasteiger partial charge in [-0.3, -0.25) is 9.88 Å². The van der Waals surface area contributed by atoms with Crippen LogP contribution in [0.3, 0.4) is 0 Å². The summed E-state index contributed by atoms with van der Waals surface area (Å²) in [5.41, 5.74) is 5.31. The molecule has 1 N–H and O–H groups in total. The van der Waals surface area contributed by atoms with E-state index in [0.717, 1.165) is 32.8 Å². The Morgan fingerprint density at radius 1 is 1.00 bits per heavy atom. The van der Waals surface area contributed by atoms with Gasteiger partial charge in [-0.2, -0.15) is 0 Å². The molecule has 6 heteroatoms. The third-order valence-electron chi connectivity index (χ3n) is 5.78. The van der Waals surface area contributed by atoms with Gasteiger partial charge in [0.05, 0.1) is 0 Å². The van der Waals surface area contributed by atoms with E-state index in [1.54, 1.807) is 12.3 Å². The Hall–Kier alpha value is -3.67. The topological polar surface area (TPSA) is 79.7 Å². The summed E-state index contributed by atoms with van der Waals surface area (Å²) in [6.07, 6.45) is 1.74. The number of aliphatic carboxylic acids is 1. The number of rotatable bonds is 7. The molecule has 0 fully saturated rings. The van der Waals surface area contributed by atoms with Crippen LogP contribution in [0.2, 0.25) is 0 Å². The molecule has 4 rings (SSSR count). The smallest absolute Gasteiger partial charge is 0.410 e. The second-order valence-corrected chi connectivity index (χ2v) is 7.63. The molecule has 1 atom stereocenters. The number of aryl methyl sites for hydroxylation is 1. The molecule has 0 spiro atoms. The Labute approximate surface area is 181 Å². The molecule has 0 bridgehead atoms. The fraction of sp³-hybridized carbons (Fsp3) is 0.240. The summed E-state index contributed by atoms with van der Waals surface area (Å²) in [7, 11) is 1.47. The van der Waals surface area contributed by atoms with Gasteiger partial charge in [0.15, 0.2) is 0 Å². The quantitative estimate of drug-likeness (QED) is 0.619. The summed E-state index contributed by atoms with van der Waals surface area (Å²) in [6, 6.07) is 20.7. The van der Waals surface area contributed by atoms with Gasteiger partial charge in [-0.1, -0.05) is 54.6 Å². The van der Waals surface area contributed by atoms with E-state index in [1.165, 1.54) is 7.05 Å². The zero-order valence-electron chi connectivity index (χ0n) is 17.3. The largest absolute Gasteiger partial charge is 0.480 e. The van der Waals surface area contributed by atoms with Crippen LogP contribution >= 0.6 is 0 Å². The van der Waals surface area contributed by atoms with Crippen molar-refractivity contribution in [3.63, 3.8) is 0 Å². The van der Waals surface area contributed by atoms with Crippen LogP contribution in [-0.2, 0) is 16.0 Å². The van der Waals surface area contributed by atoms with Crippen molar-refractivity contribution in [1.82, 2.24) is 9.88 Å². The van der Waals surface area contributed by atoms with Gasteiger partial charge in [-0.05, 0) is 47.2 Å². The molecule has 2 aromatic carbocycles. The van der Waals surface area contributed by atoms with Gasteiger partial charge in [0, 0.05) is 24.9 Å².